The van der Waals surface area contributed by atoms with Crippen LogP contribution in [0.1, 0.15) is 15.9 Å². The number of carbonyl (C=O) groups excluding carboxylic acids is 2. The Bertz CT molecular complexity index is 543. The number of aryl methyl sites for hydroxylation is 1. The van der Waals surface area contributed by atoms with Crippen LogP contribution in [0.2, 0.25) is 0 Å². The molecule has 0 radical (unpaired) electrons. The number of hydrogen-bond donors (Lipinski definition) is 2. The van der Waals surface area contributed by atoms with Crippen LogP contribution in [0.4, 0.5) is 28.0 Å². The summed E-state index contributed by atoms with van der Waals surface area (Å²) >= 11 is 0. The molecule has 1 aromatic carbocycles. The lowest BCUT2D eigenvalue weighted by atomic mass is 10.1. The monoisotopic (exact) mass is 294 g/mol. The molecule has 0 atom stereocenters. The third-order valence-corrected chi connectivity index (χ3v) is 2.17. The third kappa shape index (κ3) is 4.41. The zero-order valence-corrected chi connectivity index (χ0v) is 10.2. The molecule has 3 N–H and O–H groups in total. The molecule has 0 aromatic heterocycles. The SMILES string of the molecule is Cc1cc(NC(=O)OCC(F)(F)F)c(C(N)=O)cc1F. The second-order valence-electron chi connectivity index (χ2n) is 3.83. The highest BCUT2D eigenvalue weighted by Crippen LogP contribution is 2.21. The van der Waals surface area contributed by atoms with Crippen LogP contribution in [0.25, 0.3) is 0 Å². The van der Waals surface area contributed by atoms with Crippen molar-refractivity contribution in [3.63, 3.8) is 0 Å². The van der Waals surface area contributed by atoms with E-state index < -0.39 is 30.6 Å². The summed E-state index contributed by atoms with van der Waals surface area (Å²) in [5, 5.41) is 1.90. The number of anilines is 1. The highest BCUT2D eigenvalue weighted by Gasteiger charge is 2.29. The van der Waals surface area contributed by atoms with Gasteiger partial charge in [0.25, 0.3) is 5.91 Å². The summed E-state index contributed by atoms with van der Waals surface area (Å²) in [7, 11) is 0. The fourth-order valence-electron chi connectivity index (χ4n) is 1.28. The molecule has 0 saturated heterocycles. The third-order valence-electron chi connectivity index (χ3n) is 2.17. The molecule has 110 valence electrons. The van der Waals surface area contributed by atoms with Gasteiger partial charge in [-0.1, -0.05) is 0 Å². The van der Waals surface area contributed by atoms with Gasteiger partial charge in [-0.2, -0.15) is 13.2 Å². The van der Waals surface area contributed by atoms with Crippen molar-refractivity contribution in [2.45, 2.75) is 13.1 Å². The number of halogens is 4. The van der Waals surface area contributed by atoms with Crippen molar-refractivity contribution in [2.75, 3.05) is 11.9 Å². The van der Waals surface area contributed by atoms with Gasteiger partial charge in [-0.3, -0.25) is 10.1 Å². The van der Waals surface area contributed by atoms with Crippen LogP contribution in [0, 0.1) is 12.7 Å². The van der Waals surface area contributed by atoms with Gasteiger partial charge in [-0.25, -0.2) is 9.18 Å². The molecule has 0 saturated carbocycles. The van der Waals surface area contributed by atoms with Crippen LogP contribution >= 0.6 is 0 Å². The molecule has 0 aliphatic heterocycles. The summed E-state index contributed by atoms with van der Waals surface area (Å²) in [6, 6.07) is 1.83. The highest BCUT2D eigenvalue weighted by atomic mass is 19.4. The molecule has 9 heteroatoms. The first-order valence-corrected chi connectivity index (χ1v) is 5.20. The van der Waals surface area contributed by atoms with Crippen LogP contribution in [0.3, 0.4) is 0 Å². The fraction of sp³-hybridized carbons (Fsp3) is 0.273. The van der Waals surface area contributed by atoms with Gasteiger partial charge in [-0.05, 0) is 24.6 Å². The van der Waals surface area contributed by atoms with E-state index in [1.165, 1.54) is 6.92 Å². The topological polar surface area (TPSA) is 81.4 Å². The number of hydrogen-bond acceptors (Lipinski definition) is 3. The maximum absolute atomic E-state index is 13.3. The summed E-state index contributed by atoms with van der Waals surface area (Å²) in [5.74, 6) is -1.79. The average molecular weight is 294 g/mol. The van der Waals surface area contributed by atoms with E-state index in [9.17, 15) is 27.2 Å². The molecule has 0 bridgehead atoms. The number of amides is 2. The summed E-state index contributed by atoms with van der Waals surface area (Å²) < 4.78 is 52.7. The minimum absolute atomic E-state index is 0.0705. The van der Waals surface area contributed by atoms with Crippen molar-refractivity contribution in [3.05, 3.63) is 29.1 Å². The number of alkyl halides is 3. The van der Waals surface area contributed by atoms with E-state index in [-0.39, 0.29) is 16.8 Å². The summed E-state index contributed by atoms with van der Waals surface area (Å²) in [4.78, 5) is 22.2. The molecule has 0 aliphatic carbocycles. The minimum atomic E-state index is -4.68. The van der Waals surface area contributed by atoms with E-state index in [1.807, 2.05) is 5.32 Å². The number of rotatable bonds is 3. The summed E-state index contributed by atoms with van der Waals surface area (Å²) in [5.41, 5.74) is 4.43. The van der Waals surface area contributed by atoms with Crippen molar-refractivity contribution in [2.24, 2.45) is 5.73 Å². The standard InChI is InChI=1S/C11H10F4N2O3/c1-5-2-8(6(9(16)18)3-7(5)12)17-10(19)20-4-11(13,14)15/h2-3H,4H2,1H3,(H2,16,18)(H,17,19). The van der Waals surface area contributed by atoms with Crippen LogP contribution in [0.15, 0.2) is 12.1 Å². The Morgan fingerprint density at radius 1 is 1.35 bits per heavy atom. The number of carbonyl (C=O) groups is 2. The maximum Gasteiger partial charge on any atom is 0.422 e. The molecule has 2 amide bonds. The van der Waals surface area contributed by atoms with Crippen molar-refractivity contribution in [1.82, 2.24) is 0 Å². The Hall–Kier alpha value is -2.32. The van der Waals surface area contributed by atoms with Gasteiger partial charge in [0.2, 0.25) is 0 Å². The fourth-order valence-corrected chi connectivity index (χ4v) is 1.28. The summed E-state index contributed by atoms with van der Waals surface area (Å²) in [6.45, 7) is -0.447. The molecule has 0 fully saturated rings. The number of benzene rings is 1. The Labute approximate surface area is 110 Å². The lowest BCUT2D eigenvalue weighted by Gasteiger charge is -2.12. The lowest BCUT2D eigenvalue weighted by Crippen LogP contribution is -2.24. The molecule has 0 heterocycles. The van der Waals surface area contributed by atoms with E-state index in [4.69, 9.17) is 5.73 Å². The maximum atomic E-state index is 13.3. The molecule has 5 nitrogen and oxygen atoms in total. The predicted octanol–water partition coefficient (Wildman–Crippen LogP) is 2.34. The number of nitrogens with one attached hydrogen (secondary N) is 1. The van der Waals surface area contributed by atoms with Crippen LogP contribution < -0.4 is 11.1 Å². The zero-order chi connectivity index (χ0) is 15.5. The highest BCUT2D eigenvalue weighted by molar-refractivity contribution is 6.01. The molecule has 1 rings (SSSR count). The molecule has 1 aromatic rings. The van der Waals surface area contributed by atoms with Crippen molar-refractivity contribution in [3.8, 4) is 0 Å². The predicted molar refractivity (Wildman–Crippen MR) is 60.7 cm³/mol. The van der Waals surface area contributed by atoms with Crippen molar-refractivity contribution in [1.29, 1.82) is 0 Å². The zero-order valence-electron chi connectivity index (χ0n) is 10.2. The quantitative estimate of drug-likeness (QED) is 0.839. The molecular weight excluding hydrogens is 284 g/mol. The van der Waals surface area contributed by atoms with Gasteiger partial charge in [0.15, 0.2) is 6.61 Å². The molecule has 0 aliphatic rings. The van der Waals surface area contributed by atoms with E-state index in [2.05, 4.69) is 4.74 Å². The Balaban J connectivity index is 2.89. The van der Waals surface area contributed by atoms with Gasteiger partial charge < -0.3 is 10.5 Å². The molecular formula is C11H10F4N2O3. The Morgan fingerprint density at radius 2 is 1.95 bits per heavy atom. The van der Waals surface area contributed by atoms with E-state index >= 15 is 0 Å². The molecule has 0 unspecified atom stereocenters. The average Bonchev–Trinajstić information content (AvgIpc) is 2.29. The Morgan fingerprint density at radius 3 is 2.45 bits per heavy atom. The lowest BCUT2D eigenvalue weighted by molar-refractivity contribution is -0.159. The molecule has 20 heavy (non-hydrogen) atoms. The number of nitrogens with two attached hydrogens (primary N) is 1. The van der Waals surface area contributed by atoms with Crippen molar-refractivity contribution >= 4 is 17.7 Å². The normalized spacial score (nSPS) is 11.1. The number of ether oxygens (including phenoxy) is 1. The summed E-state index contributed by atoms with van der Waals surface area (Å²) in [6.07, 6.45) is -6.11. The largest absolute Gasteiger partial charge is 0.440 e. The molecule has 0 spiro atoms. The first kappa shape index (κ1) is 15.7. The first-order valence-electron chi connectivity index (χ1n) is 5.20. The first-order chi connectivity index (χ1) is 9.10. The van der Waals surface area contributed by atoms with E-state index in [1.54, 1.807) is 0 Å². The van der Waals surface area contributed by atoms with Gasteiger partial charge in [-0.15, -0.1) is 0 Å². The van der Waals surface area contributed by atoms with Crippen LogP contribution in [-0.4, -0.2) is 24.8 Å². The van der Waals surface area contributed by atoms with Crippen LogP contribution in [-0.2, 0) is 4.74 Å². The second-order valence-corrected chi connectivity index (χ2v) is 3.83. The number of primary amides is 1. The van der Waals surface area contributed by atoms with Crippen LogP contribution in [0.5, 0.6) is 0 Å². The van der Waals surface area contributed by atoms with Gasteiger partial charge >= 0.3 is 12.3 Å². The second kappa shape index (κ2) is 5.76. The minimum Gasteiger partial charge on any atom is -0.440 e. The smallest absolute Gasteiger partial charge is 0.422 e. The van der Waals surface area contributed by atoms with E-state index in [0.29, 0.717) is 0 Å². The van der Waals surface area contributed by atoms with Gasteiger partial charge in [0, 0.05) is 0 Å². The van der Waals surface area contributed by atoms with E-state index in [0.717, 1.165) is 12.1 Å². The van der Waals surface area contributed by atoms with Crippen molar-refractivity contribution < 1.29 is 31.9 Å². The Kier molecular flexibility index (Phi) is 4.53. The van der Waals surface area contributed by atoms with Gasteiger partial charge in [0.1, 0.15) is 5.82 Å². The van der Waals surface area contributed by atoms with Gasteiger partial charge in [0.05, 0.1) is 11.3 Å².